The lowest BCUT2D eigenvalue weighted by atomic mass is 9.81. The minimum Gasteiger partial charge on any atom is -0.490 e. The van der Waals surface area contributed by atoms with Crippen LogP contribution in [0.15, 0.2) is 42.5 Å². The highest BCUT2D eigenvalue weighted by atomic mass is 16.5. The molecule has 0 spiro atoms. The number of carbonyl (C=O) groups is 4. The minimum atomic E-state index is -0.321. The zero-order valence-corrected chi connectivity index (χ0v) is 27.0. The molecule has 236 valence electrons. The van der Waals surface area contributed by atoms with Gasteiger partial charge in [-0.15, -0.1) is 0 Å². The Morgan fingerprint density at radius 2 is 0.978 bits per heavy atom. The van der Waals surface area contributed by atoms with Crippen molar-refractivity contribution in [2.75, 3.05) is 19.8 Å². The molecular weight excluding hydrogens is 580 g/mol. The Kier molecular flexibility index (Phi) is 7.43. The maximum atomic E-state index is 14.2. The van der Waals surface area contributed by atoms with Gasteiger partial charge in [0.05, 0.1) is 12.2 Å². The zero-order valence-electron chi connectivity index (χ0n) is 27.0. The summed E-state index contributed by atoms with van der Waals surface area (Å²) in [5.41, 5.74) is 1.93. The van der Waals surface area contributed by atoms with Crippen LogP contribution in [0.5, 0.6) is 5.75 Å². The van der Waals surface area contributed by atoms with Crippen molar-refractivity contribution in [3.05, 3.63) is 64.7 Å². The first-order valence-electron chi connectivity index (χ1n) is 16.5. The van der Waals surface area contributed by atoms with Crippen molar-refractivity contribution in [3.63, 3.8) is 0 Å². The van der Waals surface area contributed by atoms with Crippen molar-refractivity contribution in [1.82, 2.24) is 9.80 Å². The Balaban J connectivity index is 1.58. The Morgan fingerprint density at radius 1 is 0.522 bits per heavy atom. The van der Waals surface area contributed by atoms with Crippen molar-refractivity contribution < 1.29 is 28.7 Å². The number of amides is 4. The standard InChI is InChI=1S/C38H38N2O6/c1-6-20(7-2)39-35(41)25-14-11-22-23-12-15-27-32-28(38(44)40(37(27)43)21(8-3)9-4)19-29(46-18-17-45-10-5)33(34(23)32)24-13-16-26(36(39)42)31(25)30(22)24/h11-16,19-21H,6-10,17-18H2,1-5H3. The second-order valence-corrected chi connectivity index (χ2v) is 12.2. The van der Waals surface area contributed by atoms with E-state index in [0.717, 1.165) is 32.3 Å². The lowest BCUT2D eigenvalue weighted by Gasteiger charge is -2.35. The average molecular weight is 619 g/mol. The van der Waals surface area contributed by atoms with Gasteiger partial charge in [0.15, 0.2) is 0 Å². The van der Waals surface area contributed by atoms with E-state index in [1.807, 2.05) is 71.0 Å². The fraction of sp³-hybridized carbons (Fsp3) is 0.368. The van der Waals surface area contributed by atoms with E-state index >= 15 is 0 Å². The fourth-order valence-electron chi connectivity index (χ4n) is 7.81. The van der Waals surface area contributed by atoms with Crippen LogP contribution in [0.4, 0.5) is 0 Å². The number of carbonyl (C=O) groups excluding carboxylic acids is 4. The fourth-order valence-corrected chi connectivity index (χ4v) is 7.81. The van der Waals surface area contributed by atoms with Crippen LogP contribution >= 0.6 is 0 Å². The van der Waals surface area contributed by atoms with Gasteiger partial charge in [-0.2, -0.15) is 0 Å². The lowest BCUT2D eigenvalue weighted by molar-refractivity contribution is 0.0514. The van der Waals surface area contributed by atoms with E-state index in [-0.39, 0.29) is 42.3 Å². The monoisotopic (exact) mass is 618 g/mol. The third-order valence-electron chi connectivity index (χ3n) is 10.1. The summed E-state index contributed by atoms with van der Waals surface area (Å²) in [5.74, 6) is -0.666. The summed E-state index contributed by atoms with van der Waals surface area (Å²) in [7, 11) is 0. The summed E-state index contributed by atoms with van der Waals surface area (Å²) in [6.07, 6.45) is 2.67. The summed E-state index contributed by atoms with van der Waals surface area (Å²) < 4.78 is 12.0. The SMILES string of the molecule is CCOCCOc1cc2c3c(ccc4c5ccc6c7c(ccc(c1c34)c75)C(=O)N(C(CC)CC)C6=O)C(=O)N(C(CC)CC)C2=O. The molecule has 0 unspecified atom stereocenters. The molecule has 46 heavy (non-hydrogen) atoms. The second kappa shape index (κ2) is 11.4. The summed E-state index contributed by atoms with van der Waals surface area (Å²) in [6.45, 7) is 11.1. The van der Waals surface area contributed by atoms with Crippen LogP contribution in [0, 0.1) is 0 Å². The molecule has 2 aliphatic heterocycles. The van der Waals surface area contributed by atoms with Crippen LogP contribution in [-0.2, 0) is 4.74 Å². The molecule has 0 aliphatic carbocycles. The van der Waals surface area contributed by atoms with Crippen LogP contribution in [0.1, 0.15) is 102 Å². The average Bonchev–Trinajstić information content (AvgIpc) is 3.07. The predicted molar refractivity (Wildman–Crippen MR) is 179 cm³/mol. The molecule has 0 saturated heterocycles. The van der Waals surface area contributed by atoms with Crippen molar-refractivity contribution >= 4 is 66.7 Å². The number of benzene rings is 5. The number of ether oxygens (including phenoxy) is 2. The Hall–Kier alpha value is -4.56. The first kappa shape index (κ1) is 30.1. The van der Waals surface area contributed by atoms with Gasteiger partial charge in [0.2, 0.25) is 0 Å². The van der Waals surface area contributed by atoms with Gasteiger partial charge in [0.25, 0.3) is 23.6 Å². The van der Waals surface area contributed by atoms with Crippen LogP contribution < -0.4 is 4.74 Å². The van der Waals surface area contributed by atoms with E-state index in [0.29, 0.717) is 77.7 Å². The second-order valence-electron chi connectivity index (χ2n) is 12.2. The Labute approximate surface area is 267 Å². The number of nitrogens with zero attached hydrogens (tertiary/aromatic N) is 2. The van der Waals surface area contributed by atoms with Crippen molar-refractivity contribution in [2.45, 2.75) is 72.4 Å². The first-order chi connectivity index (χ1) is 22.3. The molecule has 0 fully saturated rings. The summed E-state index contributed by atoms with van der Waals surface area (Å²) >= 11 is 0. The lowest BCUT2D eigenvalue weighted by Crippen LogP contribution is -2.46. The van der Waals surface area contributed by atoms with Crippen molar-refractivity contribution in [3.8, 4) is 5.75 Å². The Bertz CT molecular complexity index is 2070. The van der Waals surface area contributed by atoms with Gasteiger partial charge in [0.1, 0.15) is 12.4 Å². The number of hydrogen-bond acceptors (Lipinski definition) is 6. The normalized spacial score (nSPS) is 14.9. The van der Waals surface area contributed by atoms with Gasteiger partial charge in [-0.25, -0.2) is 0 Å². The number of imide groups is 2. The third kappa shape index (κ3) is 4.02. The smallest absolute Gasteiger partial charge is 0.261 e. The predicted octanol–water partition coefficient (Wildman–Crippen LogP) is 7.72. The summed E-state index contributed by atoms with van der Waals surface area (Å²) in [6, 6.07) is 12.6. The van der Waals surface area contributed by atoms with E-state index in [2.05, 4.69) is 0 Å². The molecule has 0 saturated carbocycles. The topological polar surface area (TPSA) is 93.2 Å². The van der Waals surface area contributed by atoms with Gasteiger partial charge in [-0.3, -0.25) is 29.0 Å². The molecule has 2 aliphatic rings. The van der Waals surface area contributed by atoms with E-state index in [1.54, 1.807) is 6.07 Å². The highest BCUT2D eigenvalue weighted by Crippen LogP contribution is 2.49. The molecule has 2 heterocycles. The zero-order chi connectivity index (χ0) is 32.4. The van der Waals surface area contributed by atoms with E-state index in [4.69, 9.17) is 9.47 Å². The molecule has 0 N–H and O–H groups in total. The number of fused-ring (bicyclic) bond motifs is 2. The quantitative estimate of drug-likeness (QED) is 0.0651. The Morgan fingerprint density at radius 3 is 1.48 bits per heavy atom. The van der Waals surface area contributed by atoms with Crippen molar-refractivity contribution in [2.24, 2.45) is 0 Å². The summed E-state index contributed by atoms with van der Waals surface area (Å²) in [4.78, 5) is 58.9. The highest BCUT2D eigenvalue weighted by Gasteiger charge is 2.40. The molecule has 8 nitrogen and oxygen atoms in total. The molecule has 0 radical (unpaired) electrons. The largest absolute Gasteiger partial charge is 0.490 e. The third-order valence-corrected chi connectivity index (χ3v) is 10.1. The number of rotatable bonds is 11. The van der Waals surface area contributed by atoms with Crippen LogP contribution in [0.25, 0.3) is 43.1 Å². The van der Waals surface area contributed by atoms with Crippen LogP contribution in [0.2, 0.25) is 0 Å². The molecule has 8 heteroatoms. The van der Waals surface area contributed by atoms with Gasteiger partial charge >= 0.3 is 0 Å². The molecular formula is C38H38N2O6. The minimum absolute atomic E-state index is 0.188. The molecule has 4 amide bonds. The highest BCUT2D eigenvalue weighted by molar-refractivity contribution is 6.42. The summed E-state index contributed by atoms with van der Waals surface area (Å²) in [5, 5.41) is 6.07. The maximum absolute atomic E-state index is 14.2. The molecule has 0 atom stereocenters. The molecule has 0 aromatic heterocycles. The molecule has 0 bridgehead atoms. The van der Waals surface area contributed by atoms with Gasteiger partial charge in [-0.05, 0) is 78.4 Å². The van der Waals surface area contributed by atoms with E-state index in [1.165, 1.54) is 9.80 Å². The molecule has 5 aromatic rings. The maximum Gasteiger partial charge on any atom is 0.261 e. The van der Waals surface area contributed by atoms with Gasteiger partial charge in [-0.1, -0.05) is 45.9 Å². The molecule has 5 aromatic carbocycles. The van der Waals surface area contributed by atoms with Crippen LogP contribution in [0.3, 0.4) is 0 Å². The van der Waals surface area contributed by atoms with Crippen LogP contribution in [-0.4, -0.2) is 65.3 Å². The molecule has 7 rings (SSSR count). The number of hydrogen-bond donors (Lipinski definition) is 0. The first-order valence-corrected chi connectivity index (χ1v) is 16.5. The van der Waals surface area contributed by atoms with Crippen molar-refractivity contribution in [1.29, 1.82) is 0 Å². The van der Waals surface area contributed by atoms with Gasteiger partial charge in [0, 0.05) is 56.9 Å². The van der Waals surface area contributed by atoms with E-state index < -0.39 is 0 Å². The van der Waals surface area contributed by atoms with Gasteiger partial charge < -0.3 is 9.47 Å². The van der Waals surface area contributed by atoms with E-state index in [9.17, 15) is 19.2 Å².